The summed E-state index contributed by atoms with van der Waals surface area (Å²) in [4.78, 5) is 11.5. The van der Waals surface area contributed by atoms with Crippen LogP contribution in [-0.2, 0) is 6.54 Å². The van der Waals surface area contributed by atoms with Gasteiger partial charge in [-0.2, -0.15) is 10.4 Å². The number of nitriles is 1. The molecule has 1 aromatic heterocycles. The van der Waals surface area contributed by atoms with Crippen molar-refractivity contribution in [2.75, 3.05) is 5.43 Å². The van der Waals surface area contributed by atoms with Crippen molar-refractivity contribution in [3.05, 3.63) is 28.7 Å². The van der Waals surface area contributed by atoms with Gasteiger partial charge in [0, 0.05) is 12.6 Å². The van der Waals surface area contributed by atoms with Gasteiger partial charge < -0.3 is 10.2 Å². The maximum absolute atomic E-state index is 11.5. The fourth-order valence-electron chi connectivity index (χ4n) is 1.70. The second-order valence-corrected chi connectivity index (χ2v) is 3.89. The molecule has 8 nitrogen and oxygen atoms in total. The fourth-order valence-corrected chi connectivity index (χ4v) is 1.70. The van der Waals surface area contributed by atoms with Crippen LogP contribution in [0.3, 0.4) is 0 Å². The third-order valence-corrected chi connectivity index (χ3v) is 2.64. The van der Waals surface area contributed by atoms with Crippen molar-refractivity contribution in [3.8, 4) is 6.07 Å². The predicted octanol–water partition coefficient (Wildman–Crippen LogP) is 0.842. The molecule has 2 aromatic rings. The Morgan fingerprint density at radius 3 is 3.00 bits per heavy atom. The molecule has 0 radical (unpaired) electrons. The minimum absolute atomic E-state index is 0.224. The second-order valence-electron chi connectivity index (χ2n) is 3.89. The molecular formula is C12H12N6O2. The molecule has 0 saturated heterocycles. The van der Waals surface area contributed by atoms with Crippen molar-refractivity contribution in [3.63, 3.8) is 0 Å². The zero-order valence-corrected chi connectivity index (χ0v) is 10.7. The molecular weight excluding hydrogens is 260 g/mol. The molecule has 0 aliphatic carbocycles. The van der Waals surface area contributed by atoms with E-state index in [-0.39, 0.29) is 5.71 Å². The number of hydrazone groups is 1. The molecule has 0 atom stereocenters. The van der Waals surface area contributed by atoms with Gasteiger partial charge in [-0.05, 0) is 19.1 Å². The average Bonchev–Trinajstić information content (AvgIpc) is 2.73. The quantitative estimate of drug-likeness (QED) is 0.431. The number of nitrogens with two attached hydrogens (primary N) is 1. The van der Waals surface area contributed by atoms with Crippen molar-refractivity contribution < 1.29 is 4.42 Å². The van der Waals surface area contributed by atoms with Crippen LogP contribution < -0.4 is 16.9 Å². The highest BCUT2D eigenvalue weighted by molar-refractivity contribution is 6.45. The molecule has 0 amide bonds. The number of hydrogen-bond acceptors (Lipinski definition) is 6. The van der Waals surface area contributed by atoms with Gasteiger partial charge in [-0.3, -0.25) is 15.4 Å². The summed E-state index contributed by atoms with van der Waals surface area (Å²) in [7, 11) is 0. The maximum atomic E-state index is 11.5. The Kier molecular flexibility index (Phi) is 3.52. The highest BCUT2D eigenvalue weighted by Gasteiger charge is 2.08. The molecule has 0 aliphatic rings. The number of aryl methyl sites for hydroxylation is 1. The third kappa shape index (κ3) is 2.37. The van der Waals surface area contributed by atoms with E-state index in [0.717, 1.165) is 0 Å². The van der Waals surface area contributed by atoms with Crippen LogP contribution in [0.4, 0.5) is 5.69 Å². The predicted molar refractivity (Wildman–Crippen MR) is 74.7 cm³/mol. The van der Waals surface area contributed by atoms with Crippen LogP contribution in [0.15, 0.2) is 32.5 Å². The lowest BCUT2D eigenvalue weighted by molar-refractivity contribution is 0.513. The number of nitrogens with one attached hydrogen (secondary N) is 2. The van der Waals surface area contributed by atoms with E-state index in [1.807, 2.05) is 6.92 Å². The van der Waals surface area contributed by atoms with Gasteiger partial charge in [-0.15, -0.1) is 0 Å². The van der Waals surface area contributed by atoms with E-state index in [4.69, 9.17) is 20.8 Å². The highest BCUT2D eigenvalue weighted by Crippen LogP contribution is 2.18. The zero-order chi connectivity index (χ0) is 14.7. The summed E-state index contributed by atoms with van der Waals surface area (Å²) in [5.41, 5.74) is 9.15. The van der Waals surface area contributed by atoms with Gasteiger partial charge in [0.25, 0.3) is 0 Å². The van der Waals surface area contributed by atoms with E-state index in [2.05, 4.69) is 10.5 Å². The summed E-state index contributed by atoms with van der Waals surface area (Å²) in [6.45, 7) is 2.36. The Morgan fingerprint density at radius 2 is 2.40 bits per heavy atom. The zero-order valence-electron chi connectivity index (χ0n) is 10.7. The fraction of sp³-hybridized carbons (Fsp3) is 0.167. The molecule has 1 heterocycles. The number of anilines is 1. The number of hydrogen-bond donors (Lipinski definition) is 3. The highest BCUT2D eigenvalue weighted by atomic mass is 16.4. The lowest BCUT2D eigenvalue weighted by Crippen LogP contribution is -2.21. The molecule has 1 aromatic carbocycles. The van der Waals surface area contributed by atoms with Crippen LogP contribution >= 0.6 is 0 Å². The molecule has 0 aliphatic heterocycles. The summed E-state index contributed by atoms with van der Waals surface area (Å²) in [6, 6.07) is 6.67. The lowest BCUT2D eigenvalue weighted by atomic mass is 10.3. The number of rotatable bonds is 4. The number of oxazole rings is 1. The Morgan fingerprint density at radius 1 is 1.65 bits per heavy atom. The van der Waals surface area contributed by atoms with Crippen LogP contribution in [0.2, 0.25) is 0 Å². The summed E-state index contributed by atoms with van der Waals surface area (Å²) >= 11 is 0. The van der Waals surface area contributed by atoms with Crippen molar-refractivity contribution in [2.45, 2.75) is 13.5 Å². The SMILES string of the molecule is CCn1c(=O)oc2cc(N/N=C(\C#N)C(=N)N)ccc21. The number of aromatic nitrogens is 1. The first kappa shape index (κ1) is 13.4. The summed E-state index contributed by atoms with van der Waals surface area (Å²) in [6.07, 6.45) is 0. The van der Waals surface area contributed by atoms with E-state index in [1.165, 1.54) is 4.57 Å². The molecule has 8 heteroatoms. The Balaban J connectivity index is 2.37. The molecule has 0 fully saturated rings. The number of benzene rings is 1. The normalized spacial score (nSPS) is 11.3. The van der Waals surface area contributed by atoms with E-state index >= 15 is 0 Å². The largest absolute Gasteiger partial charge is 0.419 e. The monoisotopic (exact) mass is 272 g/mol. The van der Waals surface area contributed by atoms with Crippen LogP contribution in [0.1, 0.15) is 6.92 Å². The van der Waals surface area contributed by atoms with Crippen LogP contribution in [0, 0.1) is 16.7 Å². The van der Waals surface area contributed by atoms with Gasteiger partial charge in [-0.1, -0.05) is 0 Å². The Bertz CT molecular complexity index is 792. The molecule has 0 bridgehead atoms. The molecule has 2 rings (SSSR count). The topological polar surface area (TPSA) is 133 Å². The van der Waals surface area contributed by atoms with Crippen molar-refractivity contribution >= 4 is 28.3 Å². The van der Waals surface area contributed by atoms with Crippen LogP contribution in [0.5, 0.6) is 0 Å². The molecule has 0 saturated carbocycles. The van der Waals surface area contributed by atoms with E-state index in [0.29, 0.717) is 23.3 Å². The Hall–Kier alpha value is -3.08. The first-order chi connectivity index (χ1) is 9.56. The molecule has 4 N–H and O–H groups in total. The van der Waals surface area contributed by atoms with Crippen molar-refractivity contribution in [2.24, 2.45) is 10.8 Å². The smallest absolute Gasteiger partial charge is 0.408 e. The average molecular weight is 272 g/mol. The standard InChI is InChI=1S/C12H12N6O2/c1-2-18-9-4-3-7(5-10(9)20-12(18)19)16-17-8(6-13)11(14)15/h3-5,16H,2H2,1H3,(H3,14,15)/b17-8+. The van der Waals surface area contributed by atoms with Gasteiger partial charge in [0.2, 0.25) is 5.71 Å². The minimum Gasteiger partial charge on any atom is -0.408 e. The van der Waals surface area contributed by atoms with Crippen molar-refractivity contribution in [1.29, 1.82) is 10.7 Å². The summed E-state index contributed by atoms with van der Waals surface area (Å²) in [5.74, 6) is -0.852. The van der Waals surface area contributed by atoms with E-state index < -0.39 is 11.6 Å². The molecule has 0 spiro atoms. The van der Waals surface area contributed by atoms with E-state index in [1.54, 1.807) is 24.3 Å². The molecule has 102 valence electrons. The van der Waals surface area contributed by atoms with Gasteiger partial charge >= 0.3 is 5.76 Å². The first-order valence-corrected chi connectivity index (χ1v) is 5.78. The van der Waals surface area contributed by atoms with Gasteiger partial charge in [0.1, 0.15) is 6.07 Å². The van der Waals surface area contributed by atoms with Crippen molar-refractivity contribution in [1.82, 2.24) is 4.57 Å². The van der Waals surface area contributed by atoms with E-state index in [9.17, 15) is 4.79 Å². The van der Waals surface area contributed by atoms with Gasteiger partial charge in [0.05, 0.1) is 11.2 Å². The van der Waals surface area contributed by atoms with Crippen LogP contribution in [0.25, 0.3) is 11.1 Å². The lowest BCUT2D eigenvalue weighted by Gasteiger charge is -2.01. The minimum atomic E-state index is -0.426. The van der Waals surface area contributed by atoms with Gasteiger partial charge in [-0.25, -0.2) is 4.79 Å². The summed E-state index contributed by atoms with van der Waals surface area (Å²) < 4.78 is 6.60. The number of nitrogens with zero attached hydrogens (tertiary/aromatic N) is 3. The Labute approximate surface area is 113 Å². The maximum Gasteiger partial charge on any atom is 0.419 e. The number of fused-ring (bicyclic) bond motifs is 1. The molecule has 0 unspecified atom stereocenters. The van der Waals surface area contributed by atoms with Gasteiger partial charge in [0.15, 0.2) is 11.4 Å². The second kappa shape index (κ2) is 5.27. The summed E-state index contributed by atoms with van der Waals surface area (Å²) in [5, 5.41) is 19.5. The third-order valence-electron chi connectivity index (χ3n) is 2.64. The van der Waals surface area contributed by atoms with Crippen LogP contribution in [-0.4, -0.2) is 16.1 Å². The first-order valence-electron chi connectivity index (χ1n) is 5.78. The number of amidine groups is 1. The molecule has 20 heavy (non-hydrogen) atoms.